The Labute approximate surface area is 141 Å². The maximum absolute atomic E-state index is 14.0. The molecule has 1 aromatic heterocycles. The van der Waals surface area contributed by atoms with E-state index in [1.54, 1.807) is 16.3 Å². The number of thioether (sulfide) groups is 1. The van der Waals surface area contributed by atoms with Crippen molar-refractivity contribution in [1.82, 2.24) is 14.8 Å². The van der Waals surface area contributed by atoms with E-state index in [1.165, 1.54) is 12.3 Å². The Balaban J connectivity index is 1.87. The number of carboxylic acids is 1. The van der Waals surface area contributed by atoms with Gasteiger partial charge in [-0.05, 0) is 12.1 Å². The number of carbonyl (C=O) groups is 1. The minimum atomic E-state index is -1.28. The predicted molar refractivity (Wildman–Crippen MR) is 89.2 cm³/mol. The molecule has 0 aliphatic carbocycles. The second-order valence-electron chi connectivity index (χ2n) is 5.99. The van der Waals surface area contributed by atoms with Gasteiger partial charge >= 0.3 is 5.97 Å². The first-order valence-electron chi connectivity index (χ1n) is 7.76. The Morgan fingerprint density at radius 3 is 2.79 bits per heavy atom. The first kappa shape index (κ1) is 15.6. The van der Waals surface area contributed by atoms with Crippen LogP contribution in [0.5, 0.6) is 0 Å². The summed E-state index contributed by atoms with van der Waals surface area (Å²) < 4.78 is 15.8. The predicted octanol–water partition coefficient (Wildman–Crippen LogP) is 1.18. The third-order valence-corrected chi connectivity index (χ3v) is 5.79. The van der Waals surface area contributed by atoms with Crippen molar-refractivity contribution >= 4 is 28.6 Å². The van der Waals surface area contributed by atoms with E-state index in [1.807, 2.05) is 0 Å². The maximum atomic E-state index is 14.0. The summed E-state index contributed by atoms with van der Waals surface area (Å²) in [6.45, 7) is 4.13. The van der Waals surface area contributed by atoms with Gasteiger partial charge in [-0.2, -0.15) is 0 Å². The molecule has 2 aromatic rings. The van der Waals surface area contributed by atoms with Crippen molar-refractivity contribution in [3.05, 3.63) is 39.9 Å². The quantitative estimate of drug-likeness (QED) is 0.848. The van der Waals surface area contributed by atoms with Crippen LogP contribution in [0, 0.1) is 5.82 Å². The van der Waals surface area contributed by atoms with Crippen molar-refractivity contribution in [2.45, 2.75) is 16.8 Å². The van der Waals surface area contributed by atoms with Gasteiger partial charge in [0, 0.05) is 43.8 Å². The number of halogens is 1. The van der Waals surface area contributed by atoms with Gasteiger partial charge in [0.15, 0.2) is 0 Å². The smallest absolute Gasteiger partial charge is 0.341 e. The normalized spacial score (nSPS) is 21.1. The molecular weight excluding hydrogens is 333 g/mol. The number of nitrogens with zero attached hydrogens (tertiary/aromatic N) is 2. The fourth-order valence-corrected chi connectivity index (χ4v) is 4.77. The molecule has 1 atom stereocenters. The minimum absolute atomic E-state index is 0.0914. The number of carboxylic acid groups (broad SMARTS) is 1. The fraction of sp³-hybridized carbons (Fsp3) is 0.375. The molecule has 6 nitrogen and oxygen atoms in total. The number of rotatable bonds is 2. The molecular formula is C16H16FN3O3S. The average molecular weight is 349 g/mol. The van der Waals surface area contributed by atoms with Crippen LogP contribution in [0.3, 0.4) is 0 Å². The molecule has 8 heteroatoms. The van der Waals surface area contributed by atoms with Gasteiger partial charge < -0.3 is 15.0 Å². The van der Waals surface area contributed by atoms with Gasteiger partial charge in [0.1, 0.15) is 11.4 Å². The number of benzene rings is 1. The molecule has 0 bridgehead atoms. The zero-order chi connectivity index (χ0) is 16.8. The molecule has 0 saturated carbocycles. The zero-order valence-corrected chi connectivity index (χ0v) is 13.6. The highest BCUT2D eigenvalue weighted by Crippen LogP contribution is 2.37. The van der Waals surface area contributed by atoms with Gasteiger partial charge in [0.25, 0.3) is 0 Å². The largest absolute Gasteiger partial charge is 0.477 e. The molecule has 2 aliphatic rings. The lowest BCUT2D eigenvalue weighted by atomic mass is 10.1. The van der Waals surface area contributed by atoms with Gasteiger partial charge in [-0.15, -0.1) is 11.8 Å². The molecule has 0 spiro atoms. The number of pyridine rings is 1. The highest BCUT2D eigenvalue weighted by Gasteiger charge is 2.29. The highest BCUT2D eigenvalue weighted by atomic mass is 32.2. The molecule has 3 heterocycles. The molecule has 1 unspecified atom stereocenters. The van der Waals surface area contributed by atoms with Crippen molar-refractivity contribution in [3.8, 4) is 0 Å². The number of hydrogen-bond acceptors (Lipinski definition) is 5. The van der Waals surface area contributed by atoms with Crippen LogP contribution in [0.2, 0.25) is 0 Å². The Hall–Kier alpha value is -1.90. The van der Waals surface area contributed by atoms with Crippen LogP contribution in [-0.2, 0) is 6.54 Å². The standard InChI is InChI=1S/C16H16FN3O3S/c17-9-5-10-14-12(6-9)24-13(19-3-1-18-2-4-19)8-20(14)7-11(15(10)21)16(22)23/h5-7,13,18H,1-4,8H2,(H,22,23). The summed E-state index contributed by atoms with van der Waals surface area (Å²) in [6.07, 6.45) is 1.39. The Bertz CT molecular complexity index is 892. The van der Waals surface area contributed by atoms with Gasteiger partial charge in [0.05, 0.1) is 16.3 Å². The summed E-state index contributed by atoms with van der Waals surface area (Å²) in [5.41, 5.74) is -0.316. The third-order valence-electron chi connectivity index (χ3n) is 4.51. The molecule has 0 radical (unpaired) electrons. The maximum Gasteiger partial charge on any atom is 0.341 e. The lowest BCUT2D eigenvalue weighted by Gasteiger charge is -2.37. The summed E-state index contributed by atoms with van der Waals surface area (Å²) >= 11 is 1.54. The molecule has 126 valence electrons. The van der Waals surface area contributed by atoms with Crippen LogP contribution in [0.1, 0.15) is 10.4 Å². The highest BCUT2D eigenvalue weighted by molar-refractivity contribution is 8.00. The van der Waals surface area contributed by atoms with Crippen molar-refractivity contribution in [2.24, 2.45) is 0 Å². The second kappa shape index (κ2) is 5.87. The second-order valence-corrected chi connectivity index (χ2v) is 7.21. The molecule has 2 N–H and O–H groups in total. The van der Waals surface area contributed by atoms with Gasteiger partial charge in [-0.25, -0.2) is 9.18 Å². The summed E-state index contributed by atoms with van der Waals surface area (Å²) in [7, 11) is 0. The van der Waals surface area contributed by atoms with E-state index >= 15 is 0 Å². The third kappa shape index (κ3) is 2.51. The first-order valence-corrected chi connectivity index (χ1v) is 8.64. The van der Waals surface area contributed by atoms with Gasteiger partial charge in [0.2, 0.25) is 5.43 Å². The Morgan fingerprint density at radius 2 is 2.08 bits per heavy atom. The molecule has 24 heavy (non-hydrogen) atoms. The molecule has 1 saturated heterocycles. The molecule has 2 aliphatic heterocycles. The lowest BCUT2D eigenvalue weighted by Crippen LogP contribution is -2.49. The lowest BCUT2D eigenvalue weighted by molar-refractivity contribution is 0.0694. The van der Waals surface area contributed by atoms with Crippen molar-refractivity contribution in [2.75, 3.05) is 26.2 Å². The average Bonchev–Trinajstić information content (AvgIpc) is 2.57. The fourth-order valence-electron chi connectivity index (χ4n) is 3.37. The first-order chi connectivity index (χ1) is 11.5. The number of nitrogens with one attached hydrogen (secondary N) is 1. The summed E-state index contributed by atoms with van der Waals surface area (Å²) in [5.74, 6) is -1.80. The molecule has 1 aromatic carbocycles. The van der Waals surface area contributed by atoms with Crippen LogP contribution < -0.4 is 10.7 Å². The van der Waals surface area contributed by atoms with Crippen molar-refractivity contribution < 1.29 is 14.3 Å². The topological polar surface area (TPSA) is 74.6 Å². The van der Waals surface area contributed by atoms with E-state index in [9.17, 15) is 19.1 Å². The van der Waals surface area contributed by atoms with E-state index in [-0.39, 0.29) is 16.3 Å². The SMILES string of the molecule is O=C(O)c1cn2c3c(cc(F)cc3c1=O)SC(N1CCNCC1)C2. The van der Waals surface area contributed by atoms with Crippen molar-refractivity contribution in [1.29, 1.82) is 0 Å². The van der Waals surface area contributed by atoms with E-state index < -0.39 is 17.2 Å². The summed E-state index contributed by atoms with van der Waals surface area (Å²) in [4.78, 5) is 26.7. The van der Waals surface area contributed by atoms with E-state index in [0.29, 0.717) is 17.0 Å². The van der Waals surface area contributed by atoms with E-state index in [0.717, 1.165) is 32.2 Å². The summed E-state index contributed by atoms with van der Waals surface area (Å²) in [6, 6.07) is 2.56. The Kier molecular flexibility index (Phi) is 3.82. The van der Waals surface area contributed by atoms with Crippen LogP contribution in [0.4, 0.5) is 4.39 Å². The molecule has 1 fully saturated rings. The minimum Gasteiger partial charge on any atom is -0.477 e. The van der Waals surface area contributed by atoms with Gasteiger partial charge in [-0.1, -0.05) is 0 Å². The van der Waals surface area contributed by atoms with Crippen LogP contribution in [0.15, 0.2) is 28.0 Å². The summed E-state index contributed by atoms with van der Waals surface area (Å²) in [5, 5.41) is 12.8. The van der Waals surface area contributed by atoms with E-state index in [4.69, 9.17) is 0 Å². The number of aromatic carboxylic acids is 1. The molecule has 0 amide bonds. The van der Waals surface area contributed by atoms with Gasteiger partial charge in [-0.3, -0.25) is 9.69 Å². The van der Waals surface area contributed by atoms with Crippen LogP contribution in [-0.4, -0.2) is 52.1 Å². The number of piperazine rings is 1. The van der Waals surface area contributed by atoms with Crippen LogP contribution >= 0.6 is 11.8 Å². The number of aromatic nitrogens is 1. The molecule has 4 rings (SSSR count). The van der Waals surface area contributed by atoms with Crippen LogP contribution in [0.25, 0.3) is 10.9 Å². The zero-order valence-electron chi connectivity index (χ0n) is 12.8. The number of hydrogen-bond donors (Lipinski definition) is 2. The van der Waals surface area contributed by atoms with Crippen molar-refractivity contribution in [3.63, 3.8) is 0 Å². The Morgan fingerprint density at radius 1 is 1.33 bits per heavy atom. The van der Waals surface area contributed by atoms with E-state index in [2.05, 4.69) is 10.2 Å². The monoisotopic (exact) mass is 349 g/mol.